The Morgan fingerprint density at radius 3 is 2.64 bits per heavy atom. The fraction of sp³-hybridized carbons (Fsp3) is 0.217. The molecular formula is C23H22N4O4S2. The molecule has 170 valence electrons. The van der Waals surface area contributed by atoms with Crippen LogP contribution in [0.1, 0.15) is 27.7 Å². The van der Waals surface area contributed by atoms with E-state index in [1.54, 1.807) is 19.3 Å². The summed E-state index contributed by atoms with van der Waals surface area (Å²) in [6.07, 6.45) is 1.58. The van der Waals surface area contributed by atoms with Crippen molar-refractivity contribution in [3.8, 4) is 17.3 Å². The van der Waals surface area contributed by atoms with Crippen LogP contribution in [0.25, 0.3) is 17.3 Å². The van der Waals surface area contributed by atoms with E-state index in [1.165, 1.54) is 23.1 Å². The Balaban J connectivity index is 1.54. The maximum absolute atomic E-state index is 12.8. The molecule has 0 bridgehead atoms. The predicted octanol–water partition coefficient (Wildman–Crippen LogP) is 5.11. The molecular weight excluding hydrogens is 460 g/mol. The molecule has 10 heteroatoms. The molecule has 0 fully saturated rings. The van der Waals surface area contributed by atoms with E-state index < -0.39 is 5.97 Å². The molecule has 8 nitrogen and oxygen atoms in total. The second-order valence-electron chi connectivity index (χ2n) is 7.00. The fourth-order valence-corrected chi connectivity index (χ4v) is 5.01. The number of esters is 1. The number of ether oxygens (including phenoxy) is 1. The maximum Gasteiger partial charge on any atom is 0.341 e. The number of hydrogen-bond acceptors (Lipinski definition) is 8. The van der Waals surface area contributed by atoms with Crippen molar-refractivity contribution in [2.45, 2.75) is 25.9 Å². The maximum atomic E-state index is 12.8. The van der Waals surface area contributed by atoms with Crippen LogP contribution < -0.4 is 5.32 Å². The summed E-state index contributed by atoms with van der Waals surface area (Å²) in [5, 5.41) is 12.5. The van der Waals surface area contributed by atoms with E-state index in [0.717, 1.165) is 16.1 Å². The lowest BCUT2D eigenvalue weighted by atomic mass is 10.1. The molecule has 0 aliphatic carbocycles. The van der Waals surface area contributed by atoms with E-state index in [-0.39, 0.29) is 18.3 Å². The van der Waals surface area contributed by atoms with Crippen molar-refractivity contribution < 1.29 is 18.7 Å². The highest BCUT2D eigenvalue weighted by molar-refractivity contribution is 7.99. The van der Waals surface area contributed by atoms with Gasteiger partial charge >= 0.3 is 5.97 Å². The molecule has 1 aromatic carbocycles. The monoisotopic (exact) mass is 482 g/mol. The molecule has 0 radical (unpaired) electrons. The standard InChI is InChI=1S/C23H22N4O4S2/c1-4-30-22(29)19-14(2)15(3)33-21(19)24-18(28)13-32-23-26-25-20(17-11-8-12-31-17)27(23)16-9-6-5-7-10-16/h5-12H,4,13H2,1-3H3,(H,24,28). The number of nitrogens with one attached hydrogen (secondary N) is 1. The predicted molar refractivity (Wildman–Crippen MR) is 128 cm³/mol. The van der Waals surface area contributed by atoms with Gasteiger partial charge < -0.3 is 14.5 Å². The third-order valence-corrected chi connectivity index (χ3v) is 6.89. The van der Waals surface area contributed by atoms with Crippen LogP contribution in [0.5, 0.6) is 0 Å². The van der Waals surface area contributed by atoms with E-state index in [2.05, 4.69) is 15.5 Å². The van der Waals surface area contributed by atoms with Gasteiger partial charge in [0.1, 0.15) is 5.00 Å². The van der Waals surface area contributed by atoms with Gasteiger partial charge in [-0.15, -0.1) is 21.5 Å². The first kappa shape index (κ1) is 22.8. The first-order chi connectivity index (χ1) is 16.0. The van der Waals surface area contributed by atoms with Gasteiger partial charge in [0.15, 0.2) is 10.9 Å². The molecule has 0 aliphatic rings. The summed E-state index contributed by atoms with van der Waals surface area (Å²) >= 11 is 2.61. The second-order valence-corrected chi connectivity index (χ2v) is 9.17. The average molecular weight is 483 g/mol. The zero-order valence-electron chi connectivity index (χ0n) is 18.3. The normalized spacial score (nSPS) is 10.9. The molecule has 3 heterocycles. The van der Waals surface area contributed by atoms with E-state index >= 15 is 0 Å². The van der Waals surface area contributed by atoms with Gasteiger partial charge in [-0.3, -0.25) is 9.36 Å². The number of carbonyl (C=O) groups is 2. The Morgan fingerprint density at radius 2 is 1.94 bits per heavy atom. The Kier molecular flexibility index (Phi) is 6.95. The molecule has 0 aliphatic heterocycles. The van der Waals surface area contributed by atoms with Crippen molar-refractivity contribution in [3.63, 3.8) is 0 Å². The lowest BCUT2D eigenvalue weighted by molar-refractivity contribution is -0.113. The van der Waals surface area contributed by atoms with Crippen LogP contribution in [0, 0.1) is 13.8 Å². The topological polar surface area (TPSA) is 99.2 Å². The van der Waals surface area contributed by atoms with Gasteiger partial charge in [-0.25, -0.2) is 4.79 Å². The summed E-state index contributed by atoms with van der Waals surface area (Å²) in [4.78, 5) is 26.1. The van der Waals surface area contributed by atoms with Crippen molar-refractivity contribution in [1.29, 1.82) is 0 Å². The Morgan fingerprint density at radius 1 is 1.15 bits per heavy atom. The van der Waals surface area contributed by atoms with E-state index in [1.807, 2.05) is 54.8 Å². The minimum absolute atomic E-state index is 0.0847. The Hall–Kier alpha value is -3.37. The van der Waals surface area contributed by atoms with E-state index in [0.29, 0.717) is 27.3 Å². The summed E-state index contributed by atoms with van der Waals surface area (Å²) in [7, 11) is 0. The third kappa shape index (κ3) is 4.86. The first-order valence-electron chi connectivity index (χ1n) is 10.2. The average Bonchev–Trinajstić information content (AvgIpc) is 3.53. The number of carbonyl (C=O) groups excluding carboxylic acids is 2. The zero-order valence-corrected chi connectivity index (χ0v) is 20.0. The molecule has 0 atom stereocenters. The molecule has 1 amide bonds. The Labute approximate surface area is 199 Å². The number of benzene rings is 1. The number of aryl methyl sites for hydroxylation is 1. The summed E-state index contributed by atoms with van der Waals surface area (Å²) in [5.74, 6) is 0.513. The van der Waals surface area contributed by atoms with Crippen molar-refractivity contribution >= 4 is 40.0 Å². The number of hydrogen-bond donors (Lipinski definition) is 1. The number of nitrogens with zero attached hydrogens (tertiary/aromatic N) is 3. The van der Waals surface area contributed by atoms with Crippen molar-refractivity contribution in [1.82, 2.24) is 14.8 Å². The molecule has 1 N–H and O–H groups in total. The highest BCUT2D eigenvalue weighted by Crippen LogP contribution is 2.34. The van der Waals surface area contributed by atoms with Crippen molar-refractivity contribution in [3.05, 3.63) is 64.7 Å². The lowest BCUT2D eigenvalue weighted by Gasteiger charge is -2.09. The lowest BCUT2D eigenvalue weighted by Crippen LogP contribution is -2.16. The largest absolute Gasteiger partial charge is 0.462 e. The van der Waals surface area contributed by atoms with Gasteiger partial charge in [0.05, 0.1) is 24.2 Å². The second kappa shape index (κ2) is 10.1. The minimum Gasteiger partial charge on any atom is -0.462 e. The molecule has 4 aromatic rings. The third-order valence-electron chi connectivity index (χ3n) is 4.84. The van der Waals surface area contributed by atoms with Gasteiger partial charge in [0, 0.05) is 10.6 Å². The van der Waals surface area contributed by atoms with Crippen molar-refractivity contribution in [2.75, 3.05) is 17.7 Å². The van der Waals surface area contributed by atoms with Gasteiger partial charge in [-0.05, 0) is 50.6 Å². The molecule has 0 saturated heterocycles. The highest BCUT2D eigenvalue weighted by atomic mass is 32.2. The van der Waals surface area contributed by atoms with Crippen LogP contribution in [-0.2, 0) is 9.53 Å². The number of rotatable bonds is 8. The van der Waals surface area contributed by atoms with Gasteiger partial charge in [-0.1, -0.05) is 30.0 Å². The SMILES string of the molecule is CCOC(=O)c1c(NC(=O)CSc2nnc(-c3ccco3)n2-c2ccccc2)sc(C)c1C. The summed E-state index contributed by atoms with van der Waals surface area (Å²) < 4.78 is 12.5. The van der Waals surface area contributed by atoms with Crippen molar-refractivity contribution in [2.24, 2.45) is 0 Å². The number of para-hydroxylation sites is 1. The van der Waals surface area contributed by atoms with Crippen LogP contribution in [-0.4, -0.2) is 39.0 Å². The van der Waals surface area contributed by atoms with Crippen LogP contribution in [0.4, 0.5) is 5.00 Å². The Bertz CT molecular complexity index is 1260. The number of anilines is 1. The van der Waals surface area contributed by atoms with E-state index in [4.69, 9.17) is 9.15 Å². The summed E-state index contributed by atoms with van der Waals surface area (Å²) in [5.41, 5.74) is 2.07. The molecule has 33 heavy (non-hydrogen) atoms. The number of aromatic nitrogens is 3. The summed E-state index contributed by atoms with van der Waals surface area (Å²) in [6.45, 7) is 5.78. The number of thiophene rings is 1. The quantitative estimate of drug-likeness (QED) is 0.275. The molecule has 0 saturated carbocycles. The van der Waals surface area contributed by atoms with Crippen LogP contribution in [0.2, 0.25) is 0 Å². The number of thioether (sulfide) groups is 1. The minimum atomic E-state index is -0.436. The van der Waals surface area contributed by atoms with Crippen LogP contribution in [0.3, 0.4) is 0 Å². The number of furan rings is 1. The first-order valence-corrected chi connectivity index (χ1v) is 12.0. The van der Waals surface area contributed by atoms with Crippen LogP contribution >= 0.6 is 23.1 Å². The molecule has 0 unspecified atom stereocenters. The summed E-state index contributed by atoms with van der Waals surface area (Å²) in [6, 6.07) is 13.2. The molecule has 0 spiro atoms. The van der Waals surface area contributed by atoms with E-state index in [9.17, 15) is 9.59 Å². The van der Waals surface area contributed by atoms with Crippen LogP contribution in [0.15, 0.2) is 58.3 Å². The number of amides is 1. The highest BCUT2D eigenvalue weighted by Gasteiger charge is 2.23. The smallest absolute Gasteiger partial charge is 0.341 e. The fourth-order valence-electron chi connectivity index (χ4n) is 3.20. The van der Waals surface area contributed by atoms with Gasteiger partial charge in [0.25, 0.3) is 0 Å². The molecule has 4 rings (SSSR count). The van der Waals surface area contributed by atoms with Gasteiger partial charge in [0.2, 0.25) is 11.7 Å². The molecule has 3 aromatic heterocycles. The van der Waals surface area contributed by atoms with Gasteiger partial charge in [-0.2, -0.15) is 0 Å². The zero-order chi connectivity index (χ0) is 23.4.